The Balaban J connectivity index is 0.000000640. The fraction of sp³-hybridized carbons (Fsp3) is 0.800. The van der Waals surface area contributed by atoms with E-state index in [0.717, 1.165) is 12.8 Å². The topological polar surface area (TPSA) is 38.3 Å². The van der Waals surface area contributed by atoms with E-state index in [9.17, 15) is 4.79 Å². The quantitative estimate of drug-likeness (QED) is 0.584. The lowest BCUT2D eigenvalue weighted by Gasteiger charge is -1.95. The minimum atomic E-state index is -0.118. The van der Waals surface area contributed by atoms with Gasteiger partial charge in [-0.1, -0.05) is 0 Å². The van der Waals surface area contributed by atoms with Crippen LogP contribution in [0.2, 0.25) is 0 Å². The van der Waals surface area contributed by atoms with Crippen LogP contribution in [0, 0.1) is 5.92 Å². The summed E-state index contributed by atoms with van der Waals surface area (Å²) in [4.78, 5) is 15.0. The molecular weight excluding hydrogens is 142 g/mol. The van der Waals surface area contributed by atoms with E-state index in [1.807, 2.05) is 0 Å². The van der Waals surface area contributed by atoms with Crippen LogP contribution < -0.4 is 5.48 Å². The number of hydrogen-bond donors (Lipinski definition) is 1. The molecule has 0 aliphatic heterocycles. The molecule has 0 heterocycles. The maximum Gasteiger partial charge on any atom is 0.327 e. The van der Waals surface area contributed by atoms with Crippen LogP contribution >= 0.6 is 12.4 Å². The van der Waals surface area contributed by atoms with Crippen molar-refractivity contribution in [1.29, 1.82) is 0 Å². The van der Waals surface area contributed by atoms with Crippen LogP contribution in [0.3, 0.4) is 0 Å². The zero-order chi connectivity index (χ0) is 5.98. The molecule has 0 bridgehead atoms. The number of hydroxylamine groups is 1. The summed E-state index contributed by atoms with van der Waals surface area (Å²) in [5.41, 5.74) is 2.34. The van der Waals surface area contributed by atoms with Gasteiger partial charge in [0.25, 0.3) is 0 Å². The highest BCUT2D eigenvalue weighted by atomic mass is 35.5. The predicted octanol–water partition coefficient (Wildman–Crippen LogP) is 0.496. The molecule has 54 valence electrons. The highest BCUT2D eigenvalue weighted by Crippen LogP contribution is 2.29. The van der Waals surface area contributed by atoms with Crippen LogP contribution in [-0.4, -0.2) is 13.0 Å². The van der Waals surface area contributed by atoms with Gasteiger partial charge in [-0.2, -0.15) is 5.48 Å². The van der Waals surface area contributed by atoms with Gasteiger partial charge in [0.1, 0.15) is 0 Å². The SMILES string of the molecule is CNOC(=O)C1CC1.Cl. The zero-order valence-corrected chi connectivity index (χ0v) is 6.03. The summed E-state index contributed by atoms with van der Waals surface area (Å²) in [7, 11) is 1.58. The van der Waals surface area contributed by atoms with E-state index in [-0.39, 0.29) is 24.3 Å². The Hall–Kier alpha value is -0.280. The fourth-order valence-corrected chi connectivity index (χ4v) is 0.503. The van der Waals surface area contributed by atoms with E-state index >= 15 is 0 Å². The minimum Gasteiger partial charge on any atom is -0.371 e. The molecule has 0 amide bonds. The summed E-state index contributed by atoms with van der Waals surface area (Å²) in [6, 6.07) is 0. The second-order valence-corrected chi connectivity index (χ2v) is 1.90. The van der Waals surface area contributed by atoms with Crippen molar-refractivity contribution in [1.82, 2.24) is 5.48 Å². The third kappa shape index (κ3) is 2.67. The van der Waals surface area contributed by atoms with Crippen molar-refractivity contribution in [2.75, 3.05) is 7.05 Å². The van der Waals surface area contributed by atoms with E-state index in [1.165, 1.54) is 0 Å². The van der Waals surface area contributed by atoms with E-state index in [1.54, 1.807) is 7.05 Å². The average molecular weight is 152 g/mol. The summed E-state index contributed by atoms with van der Waals surface area (Å²) in [6.45, 7) is 0. The first-order chi connectivity index (χ1) is 3.84. The molecule has 0 saturated heterocycles. The van der Waals surface area contributed by atoms with Crippen molar-refractivity contribution in [2.24, 2.45) is 5.92 Å². The second-order valence-electron chi connectivity index (χ2n) is 1.90. The Bertz CT molecular complexity index is 103. The molecule has 4 heteroatoms. The summed E-state index contributed by atoms with van der Waals surface area (Å²) >= 11 is 0. The molecule has 1 aliphatic rings. The van der Waals surface area contributed by atoms with Crippen molar-refractivity contribution < 1.29 is 9.63 Å². The van der Waals surface area contributed by atoms with Gasteiger partial charge in [-0.05, 0) is 12.8 Å². The second kappa shape index (κ2) is 3.69. The largest absolute Gasteiger partial charge is 0.371 e. The van der Waals surface area contributed by atoms with Gasteiger partial charge >= 0.3 is 5.97 Å². The van der Waals surface area contributed by atoms with Crippen molar-refractivity contribution >= 4 is 18.4 Å². The molecule has 0 spiro atoms. The minimum absolute atomic E-state index is 0. The summed E-state index contributed by atoms with van der Waals surface area (Å²) in [5, 5.41) is 0. The predicted molar refractivity (Wildman–Crippen MR) is 35.1 cm³/mol. The molecule has 0 radical (unpaired) electrons. The number of carbonyl (C=O) groups excluding carboxylic acids is 1. The number of carbonyl (C=O) groups is 1. The van der Waals surface area contributed by atoms with Gasteiger partial charge < -0.3 is 4.84 Å². The molecule has 0 aromatic heterocycles. The van der Waals surface area contributed by atoms with Gasteiger partial charge in [-0.25, -0.2) is 0 Å². The molecule has 0 unspecified atom stereocenters. The number of nitrogens with one attached hydrogen (secondary N) is 1. The molecule has 0 aromatic carbocycles. The van der Waals surface area contributed by atoms with Crippen LogP contribution in [-0.2, 0) is 9.63 Å². The van der Waals surface area contributed by atoms with Gasteiger partial charge in [0.15, 0.2) is 0 Å². The Labute approximate surface area is 60.1 Å². The third-order valence-corrected chi connectivity index (χ3v) is 1.11. The Kier molecular flexibility index (Phi) is 3.58. The van der Waals surface area contributed by atoms with Gasteiger partial charge in [0.05, 0.1) is 5.92 Å². The zero-order valence-electron chi connectivity index (χ0n) is 5.22. The van der Waals surface area contributed by atoms with Crippen molar-refractivity contribution in [2.45, 2.75) is 12.8 Å². The Morgan fingerprint density at radius 1 is 1.67 bits per heavy atom. The van der Waals surface area contributed by atoms with Crippen molar-refractivity contribution in [3.63, 3.8) is 0 Å². The van der Waals surface area contributed by atoms with Crippen molar-refractivity contribution in [3.05, 3.63) is 0 Å². The molecule has 9 heavy (non-hydrogen) atoms. The standard InChI is InChI=1S/C5H9NO2.ClH/c1-6-8-5(7)4-2-3-4;/h4,6H,2-3H2,1H3;1H. The number of rotatable bonds is 2. The maximum atomic E-state index is 10.5. The lowest BCUT2D eigenvalue weighted by Crippen LogP contribution is -2.16. The van der Waals surface area contributed by atoms with Crippen molar-refractivity contribution in [3.8, 4) is 0 Å². The van der Waals surface area contributed by atoms with Crippen LogP contribution in [0.25, 0.3) is 0 Å². The molecule has 3 nitrogen and oxygen atoms in total. The fourth-order valence-electron chi connectivity index (χ4n) is 0.503. The first-order valence-corrected chi connectivity index (χ1v) is 2.72. The molecule has 1 N–H and O–H groups in total. The van der Waals surface area contributed by atoms with E-state index in [0.29, 0.717) is 0 Å². The molecule has 0 aromatic rings. The monoisotopic (exact) mass is 151 g/mol. The summed E-state index contributed by atoms with van der Waals surface area (Å²) in [5.74, 6) is 0.0787. The van der Waals surface area contributed by atoms with E-state index in [4.69, 9.17) is 0 Å². The van der Waals surface area contributed by atoms with Crippen LogP contribution in [0.1, 0.15) is 12.8 Å². The Morgan fingerprint density at radius 3 is 2.56 bits per heavy atom. The number of halogens is 1. The first kappa shape index (κ1) is 8.72. The molecule has 1 rings (SSSR count). The normalized spacial score (nSPS) is 16.1. The maximum absolute atomic E-state index is 10.5. The van der Waals surface area contributed by atoms with Gasteiger partial charge in [0.2, 0.25) is 0 Å². The Morgan fingerprint density at radius 2 is 2.22 bits per heavy atom. The highest BCUT2D eigenvalue weighted by Gasteiger charge is 2.31. The molecule has 0 atom stereocenters. The molecular formula is C5H10ClNO2. The van der Waals surface area contributed by atoms with Gasteiger partial charge in [0, 0.05) is 7.05 Å². The lowest BCUT2D eigenvalue weighted by atomic mass is 10.4. The smallest absolute Gasteiger partial charge is 0.327 e. The lowest BCUT2D eigenvalue weighted by molar-refractivity contribution is -0.151. The number of hydrogen-bond acceptors (Lipinski definition) is 3. The van der Waals surface area contributed by atoms with Gasteiger partial charge in [-0.15, -0.1) is 12.4 Å². The van der Waals surface area contributed by atoms with Gasteiger partial charge in [-0.3, -0.25) is 4.79 Å². The summed E-state index contributed by atoms with van der Waals surface area (Å²) in [6.07, 6.45) is 2.00. The van der Waals surface area contributed by atoms with E-state index in [2.05, 4.69) is 10.3 Å². The summed E-state index contributed by atoms with van der Waals surface area (Å²) < 4.78 is 0. The highest BCUT2D eigenvalue weighted by molar-refractivity contribution is 5.85. The third-order valence-electron chi connectivity index (χ3n) is 1.11. The van der Waals surface area contributed by atoms with Crippen LogP contribution in [0.15, 0.2) is 0 Å². The molecule has 1 aliphatic carbocycles. The van der Waals surface area contributed by atoms with E-state index < -0.39 is 0 Å². The van der Waals surface area contributed by atoms with Crippen LogP contribution in [0.4, 0.5) is 0 Å². The molecule has 1 fully saturated rings. The first-order valence-electron chi connectivity index (χ1n) is 2.72. The average Bonchev–Trinajstić information content (AvgIpc) is 2.45. The molecule has 1 saturated carbocycles. The van der Waals surface area contributed by atoms with Crippen LogP contribution in [0.5, 0.6) is 0 Å².